The lowest BCUT2D eigenvalue weighted by molar-refractivity contribution is -0.130. The van der Waals surface area contributed by atoms with Gasteiger partial charge in [0.2, 0.25) is 5.91 Å². The number of carbonyl (C=O) groups is 1. The Bertz CT molecular complexity index is 713. The molecule has 2 aromatic carbocycles. The van der Waals surface area contributed by atoms with E-state index in [0.717, 1.165) is 17.7 Å². The molecule has 1 N–H and O–H groups in total. The Labute approximate surface area is 148 Å². The molecule has 4 rings (SSSR count). The fourth-order valence-corrected chi connectivity index (χ4v) is 3.87. The maximum Gasteiger partial charge on any atom is 0.230 e. The van der Waals surface area contributed by atoms with Gasteiger partial charge in [0.25, 0.3) is 0 Å². The molecule has 130 valence electrons. The van der Waals surface area contributed by atoms with Gasteiger partial charge in [0, 0.05) is 19.6 Å². The first-order chi connectivity index (χ1) is 12.3. The smallest absolute Gasteiger partial charge is 0.230 e. The van der Waals surface area contributed by atoms with Gasteiger partial charge < -0.3 is 14.8 Å². The van der Waals surface area contributed by atoms with Gasteiger partial charge in [-0.25, -0.2) is 0 Å². The number of benzene rings is 2. The van der Waals surface area contributed by atoms with Crippen molar-refractivity contribution in [3.63, 3.8) is 0 Å². The van der Waals surface area contributed by atoms with Crippen molar-refractivity contribution < 1.29 is 14.3 Å². The SMILES string of the molecule is O=C(NCC1Cc2ccccc2O1)C1(c2ccccc2)CCOCC1. The highest BCUT2D eigenvalue weighted by atomic mass is 16.5. The number of hydrogen-bond donors (Lipinski definition) is 1. The van der Waals surface area contributed by atoms with Crippen molar-refractivity contribution in [2.24, 2.45) is 0 Å². The van der Waals surface area contributed by atoms with Gasteiger partial charge in [0.05, 0.1) is 12.0 Å². The molecule has 2 aromatic rings. The predicted octanol–water partition coefficient (Wildman–Crippen LogP) is 2.85. The maximum atomic E-state index is 13.1. The first-order valence-corrected chi connectivity index (χ1v) is 8.94. The molecule has 2 heterocycles. The van der Waals surface area contributed by atoms with E-state index in [4.69, 9.17) is 9.47 Å². The largest absolute Gasteiger partial charge is 0.488 e. The average molecular weight is 337 g/mol. The van der Waals surface area contributed by atoms with E-state index in [9.17, 15) is 4.79 Å². The molecule has 0 radical (unpaired) electrons. The van der Waals surface area contributed by atoms with Crippen molar-refractivity contribution in [2.75, 3.05) is 19.8 Å². The molecule has 4 heteroatoms. The first-order valence-electron chi connectivity index (χ1n) is 8.94. The summed E-state index contributed by atoms with van der Waals surface area (Å²) < 4.78 is 11.5. The zero-order valence-corrected chi connectivity index (χ0v) is 14.2. The van der Waals surface area contributed by atoms with Crippen molar-refractivity contribution in [3.8, 4) is 5.75 Å². The average Bonchev–Trinajstić information content (AvgIpc) is 3.10. The Morgan fingerprint density at radius 2 is 1.76 bits per heavy atom. The number of para-hydroxylation sites is 1. The highest BCUT2D eigenvalue weighted by Gasteiger charge is 2.41. The first kappa shape index (κ1) is 16.2. The third-order valence-corrected chi connectivity index (χ3v) is 5.31. The molecular weight excluding hydrogens is 314 g/mol. The van der Waals surface area contributed by atoms with Crippen molar-refractivity contribution in [1.29, 1.82) is 0 Å². The maximum absolute atomic E-state index is 13.1. The van der Waals surface area contributed by atoms with Crippen molar-refractivity contribution in [2.45, 2.75) is 30.8 Å². The minimum absolute atomic E-state index is 0.00835. The summed E-state index contributed by atoms with van der Waals surface area (Å²) in [5.41, 5.74) is 1.79. The van der Waals surface area contributed by atoms with Crippen LogP contribution >= 0.6 is 0 Å². The zero-order chi connectivity index (χ0) is 17.1. The van der Waals surface area contributed by atoms with Crippen LogP contribution in [0.25, 0.3) is 0 Å². The zero-order valence-electron chi connectivity index (χ0n) is 14.2. The van der Waals surface area contributed by atoms with Gasteiger partial charge in [-0.05, 0) is 30.0 Å². The third kappa shape index (κ3) is 3.14. The summed E-state index contributed by atoms with van der Waals surface area (Å²) >= 11 is 0. The van der Waals surface area contributed by atoms with Gasteiger partial charge in [-0.3, -0.25) is 4.79 Å². The lowest BCUT2D eigenvalue weighted by Crippen LogP contribution is -2.50. The number of fused-ring (bicyclic) bond motifs is 1. The highest BCUT2D eigenvalue weighted by molar-refractivity contribution is 5.88. The monoisotopic (exact) mass is 337 g/mol. The van der Waals surface area contributed by atoms with E-state index in [1.54, 1.807) is 0 Å². The summed E-state index contributed by atoms with van der Waals surface area (Å²) in [6.45, 7) is 1.77. The fraction of sp³-hybridized carbons (Fsp3) is 0.381. The molecule has 1 saturated heterocycles. The van der Waals surface area contributed by atoms with Crippen LogP contribution in [0.15, 0.2) is 54.6 Å². The lowest BCUT2D eigenvalue weighted by Gasteiger charge is -2.36. The normalized spacial score (nSPS) is 21.2. The van der Waals surface area contributed by atoms with Crippen LogP contribution in [-0.4, -0.2) is 31.8 Å². The van der Waals surface area contributed by atoms with E-state index in [1.807, 2.05) is 48.5 Å². The highest BCUT2D eigenvalue weighted by Crippen LogP contribution is 2.35. The molecule has 0 bridgehead atoms. The van der Waals surface area contributed by atoms with Crippen LogP contribution < -0.4 is 10.1 Å². The van der Waals surface area contributed by atoms with Gasteiger partial charge in [-0.2, -0.15) is 0 Å². The molecule has 0 aliphatic carbocycles. The van der Waals surface area contributed by atoms with Gasteiger partial charge in [0.1, 0.15) is 11.9 Å². The summed E-state index contributed by atoms with van der Waals surface area (Å²) in [5, 5.41) is 3.15. The molecule has 0 aromatic heterocycles. The van der Waals surface area contributed by atoms with Gasteiger partial charge in [-0.15, -0.1) is 0 Å². The van der Waals surface area contributed by atoms with E-state index < -0.39 is 5.41 Å². The van der Waals surface area contributed by atoms with Crippen molar-refractivity contribution in [1.82, 2.24) is 5.32 Å². The van der Waals surface area contributed by atoms with Gasteiger partial charge in [-0.1, -0.05) is 48.5 Å². The van der Waals surface area contributed by atoms with E-state index in [2.05, 4.69) is 11.4 Å². The Balaban J connectivity index is 1.45. The summed E-state index contributed by atoms with van der Waals surface area (Å²) in [7, 11) is 0. The van der Waals surface area contributed by atoms with Gasteiger partial charge >= 0.3 is 0 Å². The molecule has 2 aliphatic heterocycles. The van der Waals surface area contributed by atoms with Crippen LogP contribution in [0.2, 0.25) is 0 Å². The summed E-state index contributed by atoms with van der Waals surface area (Å²) in [4.78, 5) is 13.1. The number of ether oxygens (including phenoxy) is 2. The second kappa shape index (κ2) is 6.89. The molecule has 0 saturated carbocycles. The lowest BCUT2D eigenvalue weighted by atomic mass is 9.73. The van der Waals surface area contributed by atoms with Gasteiger partial charge in [0.15, 0.2) is 0 Å². The van der Waals surface area contributed by atoms with Crippen LogP contribution in [0.3, 0.4) is 0 Å². The molecule has 2 aliphatic rings. The van der Waals surface area contributed by atoms with E-state index >= 15 is 0 Å². The van der Waals surface area contributed by atoms with E-state index in [-0.39, 0.29) is 12.0 Å². The van der Waals surface area contributed by atoms with E-state index in [0.29, 0.717) is 32.6 Å². The molecule has 25 heavy (non-hydrogen) atoms. The Morgan fingerprint density at radius 1 is 1.04 bits per heavy atom. The molecule has 1 unspecified atom stereocenters. The number of amides is 1. The topological polar surface area (TPSA) is 47.6 Å². The second-order valence-electron chi connectivity index (χ2n) is 6.82. The summed E-state index contributed by atoms with van der Waals surface area (Å²) in [6, 6.07) is 18.1. The molecule has 1 atom stereocenters. The minimum Gasteiger partial charge on any atom is -0.488 e. The summed E-state index contributed by atoms with van der Waals surface area (Å²) in [5.74, 6) is 1.02. The molecule has 1 fully saturated rings. The third-order valence-electron chi connectivity index (χ3n) is 5.31. The Kier molecular flexibility index (Phi) is 4.45. The summed E-state index contributed by atoms with van der Waals surface area (Å²) in [6.07, 6.45) is 2.29. The van der Waals surface area contributed by atoms with Crippen LogP contribution in [0.5, 0.6) is 5.75 Å². The van der Waals surface area contributed by atoms with Crippen LogP contribution in [0, 0.1) is 0 Å². The quantitative estimate of drug-likeness (QED) is 0.933. The molecule has 4 nitrogen and oxygen atoms in total. The standard InChI is InChI=1S/C21H23NO3/c23-20(22-15-18-14-16-6-4-5-9-19(16)25-18)21(10-12-24-13-11-21)17-7-2-1-3-8-17/h1-9,18H,10-15H2,(H,22,23). The van der Waals surface area contributed by atoms with Crippen LogP contribution in [-0.2, 0) is 21.4 Å². The predicted molar refractivity (Wildman–Crippen MR) is 95.7 cm³/mol. The Hall–Kier alpha value is -2.33. The number of rotatable bonds is 4. The molecule has 0 spiro atoms. The second-order valence-corrected chi connectivity index (χ2v) is 6.82. The van der Waals surface area contributed by atoms with Crippen LogP contribution in [0.1, 0.15) is 24.0 Å². The molecule has 1 amide bonds. The fourth-order valence-electron chi connectivity index (χ4n) is 3.87. The number of carbonyl (C=O) groups excluding carboxylic acids is 1. The van der Waals surface area contributed by atoms with E-state index in [1.165, 1.54) is 5.56 Å². The number of nitrogens with one attached hydrogen (secondary N) is 1. The number of hydrogen-bond acceptors (Lipinski definition) is 3. The molecular formula is C21H23NO3. The van der Waals surface area contributed by atoms with Crippen LogP contribution in [0.4, 0.5) is 0 Å². The minimum atomic E-state index is -0.495. The van der Waals surface area contributed by atoms with Crippen molar-refractivity contribution >= 4 is 5.91 Å². The van der Waals surface area contributed by atoms with Crippen molar-refractivity contribution in [3.05, 3.63) is 65.7 Å². The Morgan fingerprint density at radius 3 is 2.52 bits per heavy atom.